The van der Waals surface area contributed by atoms with E-state index in [0.29, 0.717) is 11.4 Å². The monoisotopic (exact) mass is 502 g/mol. The Kier molecular flexibility index (Phi) is 7.57. The van der Waals surface area contributed by atoms with Crippen LogP contribution in [0.1, 0.15) is 18.9 Å². The highest BCUT2D eigenvalue weighted by atomic mass is 32.2. The molecule has 0 saturated carbocycles. The van der Waals surface area contributed by atoms with Crippen molar-refractivity contribution in [1.29, 1.82) is 0 Å². The lowest BCUT2D eigenvalue weighted by molar-refractivity contribution is -0.117. The first-order valence-corrected chi connectivity index (χ1v) is 13.8. The molecule has 0 fully saturated rings. The van der Waals surface area contributed by atoms with E-state index in [9.17, 15) is 21.6 Å². The van der Waals surface area contributed by atoms with Gasteiger partial charge in [-0.15, -0.1) is 0 Å². The second-order valence-corrected chi connectivity index (χ2v) is 11.2. The van der Waals surface area contributed by atoms with Gasteiger partial charge in [0.05, 0.1) is 16.8 Å². The minimum absolute atomic E-state index is 0.0133. The van der Waals surface area contributed by atoms with Crippen molar-refractivity contribution in [1.82, 2.24) is 4.98 Å². The summed E-state index contributed by atoms with van der Waals surface area (Å²) in [7, 11) is -7.62. The van der Waals surface area contributed by atoms with Crippen molar-refractivity contribution in [2.75, 3.05) is 20.6 Å². The molecule has 180 valence electrons. The van der Waals surface area contributed by atoms with Crippen LogP contribution in [0, 0.1) is 6.92 Å². The predicted molar refractivity (Wildman–Crippen MR) is 133 cm³/mol. The van der Waals surface area contributed by atoms with Gasteiger partial charge in [0.1, 0.15) is 11.9 Å². The predicted octanol–water partition coefficient (Wildman–Crippen LogP) is 3.37. The highest BCUT2D eigenvalue weighted by Gasteiger charge is 2.31. The molecule has 2 aromatic carbocycles. The van der Waals surface area contributed by atoms with Crippen molar-refractivity contribution >= 4 is 43.1 Å². The number of rotatable bonds is 9. The van der Waals surface area contributed by atoms with Crippen molar-refractivity contribution in [2.45, 2.75) is 31.2 Å². The van der Waals surface area contributed by atoms with Crippen LogP contribution in [0.2, 0.25) is 0 Å². The minimum Gasteiger partial charge on any atom is -0.324 e. The van der Waals surface area contributed by atoms with Crippen molar-refractivity contribution in [2.24, 2.45) is 0 Å². The van der Waals surface area contributed by atoms with Crippen molar-refractivity contribution in [3.05, 3.63) is 78.5 Å². The van der Waals surface area contributed by atoms with Crippen LogP contribution in [-0.4, -0.2) is 40.0 Å². The first kappa shape index (κ1) is 25.2. The van der Waals surface area contributed by atoms with Gasteiger partial charge >= 0.3 is 0 Å². The van der Waals surface area contributed by atoms with Crippen molar-refractivity contribution in [3.8, 4) is 0 Å². The van der Waals surface area contributed by atoms with Crippen molar-refractivity contribution < 1.29 is 21.6 Å². The molecule has 1 unspecified atom stereocenters. The minimum atomic E-state index is -3.86. The third-order valence-electron chi connectivity index (χ3n) is 4.95. The molecule has 0 saturated heterocycles. The number of nitrogens with zero attached hydrogens (tertiary/aromatic N) is 2. The fourth-order valence-corrected chi connectivity index (χ4v) is 5.53. The largest absolute Gasteiger partial charge is 0.324 e. The van der Waals surface area contributed by atoms with Gasteiger partial charge in [0.25, 0.3) is 10.0 Å². The summed E-state index contributed by atoms with van der Waals surface area (Å²) in [6, 6.07) is 16.3. The molecule has 3 aromatic rings. The lowest BCUT2D eigenvalue weighted by atomic mass is 10.1. The van der Waals surface area contributed by atoms with Gasteiger partial charge in [-0.05, 0) is 61.9 Å². The van der Waals surface area contributed by atoms with E-state index in [2.05, 4.69) is 15.0 Å². The molecule has 0 bridgehead atoms. The molecule has 0 aliphatic heterocycles. The summed E-state index contributed by atoms with van der Waals surface area (Å²) in [6.07, 6.45) is 2.75. The summed E-state index contributed by atoms with van der Waals surface area (Å²) < 4.78 is 53.7. The fourth-order valence-electron chi connectivity index (χ4n) is 3.31. The molecule has 1 atom stereocenters. The number of sulfonamides is 2. The molecule has 9 nitrogen and oxygen atoms in total. The average molecular weight is 503 g/mol. The molecule has 3 rings (SSSR count). The van der Waals surface area contributed by atoms with Gasteiger partial charge in [0.2, 0.25) is 15.9 Å². The normalized spacial score (nSPS) is 12.6. The maximum absolute atomic E-state index is 13.0. The van der Waals surface area contributed by atoms with Gasteiger partial charge in [-0.3, -0.25) is 13.8 Å². The van der Waals surface area contributed by atoms with Gasteiger partial charge in [0, 0.05) is 11.9 Å². The number of amides is 1. The van der Waals surface area contributed by atoms with E-state index in [-0.39, 0.29) is 17.1 Å². The van der Waals surface area contributed by atoms with E-state index < -0.39 is 32.0 Å². The van der Waals surface area contributed by atoms with Gasteiger partial charge in [-0.25, -0.2) is 21.8 Å². The zero-order valence-corrected chi connectivity index (χ0v) is 20.6. The molecule has 0 aliphatic rings. The molecule has 11 heteroatoms. The summed E-state index contributed by atoms with van der Waals surface area (Å²) in [4.78, 5) is 17.0. The first-order chi connectivity index (χ1) is 16.0. The molecular weight excluding hydrogens is 476 g/mol. The third-order valence-corrected chi connectivity index (χ3v) is 7.50. The van der Waals surface area contributed by atoms with Crippen LogP contribution in [-0.2, 0) is 24.8 Å². The number of carbonyl (C=O) groups is 1. The number of hydrogen-bond donors (Lipinski definition) is 2. The van der Waals surface area contributed by atoms with E-state index in [0.717, 1.165) is 16.1 Å². The molecule has 1 aromatic heterocycles. The second-order valence-electron chi connectivity index (χ2n) is 7.65. The summed E-state index contributed by atoms with van der Waals surface area (Å²) in [6.45, 7) is 3.60. The number of carbonyl (C=O) groups excluding carboxylic acids is 1. The Balaban J connectivity index is 1.79. The summed E-state index contributed by atoms with van der Waals surface area (Å²) in [5.74, 6) is -0.349. The molecule has 0 spiro atoms. The maximum atomic E-state index is 13.0. The smallest absolute Gasteiger partial charge is 0.263 e. The molecule has 1 amide bonds. The molecule has 1 heterocycles. The highest BCUT2D eigenvalue weighted by Crippen LogP contribution is 2.24. The Morgan fingerprint density at radius 3 is 2.15 bits per heavy atom. The Hall–Kier alpha value is -3.44. The Morgan fingerprint density at radius 1 is 0.971 bits per heavy atom. The zero-order chi connectivity index (χ0) is 24.9. The standard InChI is InChI=1S/C23H26N4O5S2/c1-4-21(27(33(3,29)30)19-12-8-17(2)9-13-19)23(28)25-18-10-14-20(15-11-18)34(31,32)26-22-7-5-6-16-24-22/h5-16,21H,4H2,1-3H3,(H,24,26)(H,25,28). The summed E-state index contributed by atoms with van der Waals surface area (Å²) >= 11 is 0. The van der Waals surface area contributed by atoms with Crippen LogP contribution in [0.15, 0.2) is 77.8 Å². The zero-order valence-electron chi connectivity index (χ0n) is 19.0. The Labute approximate surface area is 199 Å². The number of benzene rings is 2. The molecular formula is C23H26N4O5S2. The summed E-state index contributed by atoms with van der Waals surface area (Å²) in [5, 5.41) is 2.68. The van der Waals surface area contributed by atoms with Crippen LogP contribution in [0.5, 0.6) is 0 Å². The molecule has 0 radical (unpaired) electrons. The number of aryl methyl sites for hydroxylation is 1. The number of nitrogens with one attached hydrogen (secondary N) is 2. The van der Waals surface area contributed by atoms with E-state index in [4.69, 9.17) is 0 Å². The summed E-state index contributed by atoms with van der Waals surface area (Å²) in [5.41, 5.74) is 1.68. The lowest BCUT2D eigenvalue weighted by Gasteiger charge is -2.30. The van der Waals surface area contributed by atoms with E-state index in [1.165, 1.54) is 36.5 Å². The maximum Gasteiger partial charge on any atom is 0.263 e. The average Bonchev–Trinajstić information content (AvgIpc) is 2.78. The fraction of sp³-hybridized carbons (Fsp3) is 0.217. The molecule has 2 N–H and O–H groups in total. The van der Waals surface area contributed by atoms with Gasteiger partial charge < -0.3 is 5.32 Å². The van der Waals surface area contributed by atoms with Crippen LogP contribution in [0.4, 0.5) is 17.2 Å². The van der Waals surface area contributed by atoms with E-state index in [1.807, 2.05) is 6.92 Å². The van der Waals surface area contributed by atoms with Gasteiger partial charge in [-0.1, -0.05) is 30.7 Å². The number of anilines is 3. The topological polar surface area (TPSA) is 126 Å². The Bertz CT molecular complexity index is 1340. The first-order valence-electron chi connectivity index (χ1n) is 10.4. The van der Waals surface area contributed by atoms with Crippen LogP contribution < -0.4 is 14.3 Å². The van der Waals surface area contributed by atoms with Crippen LogP contribution in [0.3, 0.4) is 0 Å². The van der Waals surface area contributed by atoms with Crippen LogP contribution >= 0.6 is 0 Å². The van der Waals surface area contributed by atoms with Gasteiger partial charge in [-0.2, -0.15) is 0 Å². The molecule has 0 aliphatic carbocycles. The third kappa shape index (κ3) is 6.12. The van der Waals surface area contributed by atoms with E-state index >= 15 is 0 Å². The molecule has 34 heavy (non-hydrogen) atoms. The van der Waals surface area contributed by atoms with Crippen LogP contribution in [0.25, 0.3) is 0 Å². The highest BCUT2D eigenvalue weighted by molar-refractivity contribution is 7.92. The second kappa shape index (κ2) is 10.2. The van der Waals surface area contributed by atoms with Crippen molar-refractivity contribution in [3.63, 3.8) is 0 Å². The lowest BCUT2D eigenvalue weighted by Crippen LogP contribution is -2.47. The number of aromatic nitrogens is 1. The Morgan fingerprint density at radius 2 is 1.62 bits per heavy atom. The van der Waals surface area contributed by atoms with E-state index in [1.54, 1.807) is 43.3 Å². The quantitative estimate of drug-likeness (QED) is 0.462. The SMILES string of the molecule is CCC(C(=O)Nc1ccc(S(=O)(=O)Nc2ccccn2)cc1)N(c1ccc(C)cc1)S(C)(=O)=O. The number of pyridine rings is 1. The number of hydrogen-bond acceptors (Lipinski definition) is 6. The van der Waals surface area contributed by atoms with Gasteiger partial charge in [0.15, 0.2) is 0 Å².